The molecule has 18 heavy (non-hydrogen) atoms. The zero-order valence-electron chi connectivity index (χ0n) is 11.7. The van der Waals surface area contributed by atoms with E-state index in [1.54, 1.807) is 0 Å². The molecule has 0 aromatic heterocycles. The fraction of sp³-hybridized carbons (Fsp3) is 0.929. The molecule has 0 bridgehead atoms. The summed E-state index contributed by atoms with van der Waals surface area (Å²) in [6, 6.07) is 0. The first-order chi connectivity index (χ1) is 8.67. The summed E-state index contributed by atoms with van der Waals surface area (Å²) in [5.74, 6) is 0.0473. The van der Waals surface area contributed by atoms with Crippen molar-refractivity contribution in [2.45, 2.75) is 52.1 Å². The molecule has 0 amide bonds. The summed E-state index contributed by atoms with van der Waals surface area (Å²) >= 11 is 0. The third-order valence-electron chi connectivity index (χ3n) is 3.75. The van der Waals surface area contributed by atoms with Crippen LogP contribution in [0, 0.1) is 5.92 Å². The number of hydrogen-bond donors (Lipinski definition) is 1. The van der Waals surface area contributed by atoms with Gasteiger partial charge in [-0.15, -0.1) is 0 Å². The van der Waals surface area contributed by atoms with Crippen LogP contribution in [-0.2, 0) is 9.53 Å². The average molecular weight is 257 g/mol. The molecule has 4 nitrogen and oxygen atoms in total. The fourth-order valence-electron chi connectivity index (χ4n) is 2.69. The Kier molecular flexibility index (Phi) is 7.28. The summed E-state index contributed by atoms with van der Waals surface area (Å²) in [5.41, 5.74) is 0. The number of likely N-dealkylation sites (tertiary alicyclic amines) is 1. The summed E-state index contributed by atoms with van der Waals surface area (Å²) in [6.45, 7) is 7.62. The van der Waals surface area contributed by atoms with E-state index in [2.05, 4.69) is 11.8 Å². The molecule has 1 fully saturated rings. The SMILES string of the molecule is CCCC1CCN(CCC(OCC)C(=O)O)CC1. The van der Waals surface area contributed by atoms with Crippen molar-refractivity contribution in [3.8, 4) is 0 Å². The minimum Gasteiger partial charge on any atom is -0.479 e. The summed E-state index contributed by atoms with van der Waals surface area (Å²) in [6.07, 6.45) is 5.10. The Labute approximate surface area is 110 Å². The third kappa shape index (κ3) is 5.36. The number of nitrogens with zero attached hydrogens (tertiary/aromatic N) is 1. The van der Waals surface area contributed by atoms with Crippen LogP contribution in [0.25, 0.3) is 0 Å². The monoisotopic (exact) mass is 257 g/mol. The largest absolute Gasteiger partial charge is 0.479 e. The summed E-state index contributed by atoms with van der Waals surface area (Å²) in [5, 5.41) is 9.00. The van der Waals surface area contributed by atoms with Crippen LogP contribution in [0.4, 0.5) is 0 Å². The highest BCUT2D eigenvalue weighted by molar-refractivity contribution is 5.72. The van der Waals surface area contributed by atoms with Crippen molar-refractivity contribution >= 4 is 5.97 Å². The number of rotatable bonds is 8. The summed E-state index contributed by atoms with van der Waals surface area (Å²) in [4.78, 5) is 13.3. The highest BCUT2D eigenvalue weighted by Gasteiger charge is 2.22. The lowest BCUT2D eigenvalue weighted by Gasteiger charge is -2.32. The van der Waals surface area contributed by atoms with Crippen LogP contribution in [-0.4, -0.2) is 48.3 Å². The number of carboxylic acid groups (broad SMARTS) is 1. The van der Waals surface area contributed by atoms with Crippen molar-refractivity contribution in [3.63, 3.8) is 0 Å². The van der Waals surface area contributed by atoms with Gasteiger partial charge in [-0.05, 0) is 45.2 Å². The lowest BCUT2D eigenvalue weighted by Crippen LogP contribution is -2.37. The van der Waals surface area contributed by atoms with Crippen LogP contribution in [0.2, 0.25) is 0 Å². The van der Waals surface area contributed by atoms with Crippen molar-refractivity contribution in [1.82, 2.24) is 4.90 Å². The Morgan fingerprint density at radius 1 is 1.39 bits per heavy atom. The van der Waals surface area contributed by atoms with Crippen LogP contribution < -0.4 is 0 Å². The van der Waals surface area contributed by atoms with Gasteiger partial charge in [0.1, 0.15) is 0 Å². The lowest BCUT2D eigenvalue weighted by atomic mass is 9.92. The first-order valence-electron chi connectivity index (χ1n) is 7.24. The van der Waals surface area contributed by atoms with Crippen molar-refractivity contribution in [1.29, 1.82) is 0 Å². The normalized spacial score (nSPS) is 19.9. The molecule has 4 heteroatoms. The Balaban J connectivity index is 2.21. The van der Waals surface area contributed by atoms with Crippen LogP contribution in [0.15, 0.2) is 0 Å². The minimum atomic E-state index is -0.835. The lowest BCUT2D eigenvalue weighted by molar-refractivity contribution is -0.150. The molecule has 1 N–H and O–H groups in total. The van der Waals surface area contributed by atoms with Gasteiger partial charge in [-0.2, -0.15) is 0 Å². The van der Waals surface area contributed by atoms with E-state index < -0.39 is 12.1 Å². The topological polar surface area (TPSA) is 49.8 Å². The molecule has 0 saturated carbocycles. The number of piperidine rings is 1. The van der Waals surface area contributed by atoms with Crippen LogP contribution >= 0.6 is 0 Å². The van der Waals surface area contributed by atoms with Gasteiger partial charge in [0.25, 0.3) is 0 Å². The van der Waals surface area contributed by atoms with Crippen LogP contribution in [0.3, 0.4) is 0 Å². The number of aliphatic carboxylic acids is 1. The molecule has 1 saturated heterocycles. The number of hydrogen-bond acceptors (Lipinski definition) is 3. The molecule has 1 aliphatic rings. The molecule has 1 aliphatic heterocycles. The second-order valence-electron chi connectivity index (χ2n) is 5.14. The van der Waals surface area contributed by atoms with E-state index in [9.17, 15) is 4.79 Å². The highest BCUT2D eigenvalue weighted by Crippen LogP contribution is 2.21. The van der Waals surface area contributed by atoms with Gasteiger partial charge in [-0.1, -0.05) is 19.8 Å². The molecule has 0 radical (unpaired) electrons. The second-order valence-corrected chi connectivity index (χ2v) is 5.14. The molecule has 0 aliphatic carbocycles. The maximum atomic E-state index is 11.0. The predicted molar refractivity (Wildman–Crippen MR) is 71.7 cm³/mol. The molecule has 0 aromatic rings. The van der Waals surface area contributed by atoms with E-state index >= 15 is 0 Å². The quantitative estimate of drug-likeness (QED) is 0.725. The van der Waals surface area contributed by atoms with Gasteiger partial charge in [-0.25, -0.2) is 4.79 Å². The number of carbonyl (C=O) groups is 1. The number of ether oxygens (including phenoxy) is 1. The van der Waals surface area contributed by atoms with Crippen LogP contribution in [0.1, 0.15) is 46.0 Å². The van der Waals surface area contributed by atoms with Crippen molar-refractivity contribution in [2.75, 3.05) is 26.2 Å². The van der Waals surface area contributed by atoms with Crippen molar-refractivity contribution in [2.24, 2.45) is 5.92 Å². The van der Waals surface area contributed by atoms with Crippen molar-refractivity contribution < 1.29 is 14.6 Å². The van der Waals surface area contributed by atoms with E-state index in [1.165, 1.54) is 25.7 Å². The number of carboxylic acids is 1. The molecule has 106 valence electrons. The third-order valence-corrected chi connectivity index (χ3v) is 3.75. The molecule has 1 rings (SSSR count). The standard InChI is InChI=1S/C14H27NO3/c1-3-5-12-6-9-15(10-7-12)11-8-13(14(16)17)18-4-2/h12-13H,3-11H2,1-2H3,(H,16,17). The fourth-order valence-corrected chi connectivity index (χ4v) is 2.69. The maximum Gasteiger partial charge on any atom is 0.332 e. The summed E-state index contributed by atoms with van der Waals surface area (Å²) in [7, 11) is 0. The summed E-state index contributed by atoms with van der Waals surface area (Å²) < 4.78 is 5.23. The zero-order valence-corrected chi connectivity index (χ0v) is 11.7. The van der Waals surface area contributed by atoms with E-state index in [4.69, 9.17) is 9.84 Å². The first kappa shape index (κ1) is 15.4. The zero-order chi connectivity index (χ0) is 13.4. The molecule has 0 spiro atoms. The van der Waals surface area contributed by atoms with Crippen LogP contribution in [0.5, 0.6) is 0 Å². The highest BCUT2D eigenvalue weighted by atomic mass is 16.5. The van der Waals surface area contributed by atoms with Gasteiger partial charge in [0.05, 0.1) is 0 Å². The van der Waals surface area contributed by atoms with Gasteiger partial charge >= 0.3 is 5.97 Å². The smallest absolute Gasteiger partial charge is 0.332 e. The van der Waals surface area contributed by atoms with E-state index in [0.717, 1.165) is 25.6 Å². The Hall–Kier alpha value is -0.610. The molecule has 1 heterocycles. The molecule has 1 unspecified atom stereocenters. The Morgan fingerprint density at radius 2 is 2.06 bits per heavy atom. The van der Waals surface area contributed by atoms with E-state index in [1.807, 2.05) is 6.92 Å². The minimum absolute atomic E-state index is 0.468. The van der Waals surface area contributed by atoms with E-state index in [0.29, 0.717) is 13.0 Å². The average Bonchev–Trinajstić information content (AvgIpc) is 2.36. The molecular formula is C14H27NO3. The van der Waals surface area contributed by atoms with Crippen molar-refractivity contribution in [3.05, 3.63) is 0 Å². The van der Waals surface area contributed by atoms with E-state index in [-0.39, 0.29) is 0 Å². The molecule has 1 atom stereocenters. The Morgan fingerprint density at radius 3 is 2.56 bits per heavy atom. The molecular weight excluding hydrogens is 230 g/mol. The first-order valence-corrected chi connectivity index (χ1v) is 7.24. The Bertz CT molecular complexity index is 237. The van der Waals surface area contributed by atoms with Gasteiger partial charge in [0.15, 0.2) is 6.10 Å². The van der Waals surface area contributed by atoms with Gasteiger partial charge in [0.2, 0.25) is 0 Å². The second kappa shape index (κ2) is 8.48. The van der Waals surface area contributed by atoms with Gasteiger partial charge in [0, 0.05) is 13.2 Å². The molecule has 0 aromatic carbocycles. The van der Waals surface area contributed by atoms with Gasteiger partial charge < -0.3 is 14.7 Å². The maximum absolute atomic E-state index is 11.0. The van der Waals surface area contributed by atoms with Gasteiger partial charge in [-0.3, -0.25) is 0 Å². The predicted octanol–water partition coefficient (Wildman–Crippen LogP) is 2.38.